The second kappa shape index (κ2) is 6.50. The molecular weight excluding hydrogens is 368 g/mol. The van der Waals surface area contributed by atoms with Crippen LogP contribution in [0.5, 0.6) is 0 Å². The first kappa shape index (κ1) is 16.9. The van der Waals surface area contributed by atoms with E-state index >= 15 is 0 Å². The number of hydrogen-bond acceptors (Lipinski definition) is 6. The van der Waals surface area contributed by atoms with E-state index in [1.54, 1.807) is 6.07 Å². The molecule has 0 aliphatic carbocycles. The average molecular weight is 376 g/mol. The SMILES string of the molecule is O=C([O-])c1ccccc1NC(=O)c1sc2cc([N+](=O)[O-])ccc2c1Cl. The van der Waals surface area contributed by atoms with Crippen molar-refractivity contribution in [3.8, 4) is 0 Å². The van der Waals surface area contributed by atoms with Gasteiger partial charge in [0.25, 0.3) is 11.6 Å². The van der Waals surface area contributed by atoms with Crippen LogP contribution in [0.25, 0.3) is 10.1 Å². The number of carboxylic acid groups (broad SMARTS) is 1. The maximum atomic E-state index is 12.5. The highest BCUT2D eigenvalue weighted by molar-refractivity contribution is 7.21. The predicted octanol–water partition coefficient (Wildman–Crippen LogP) is 3.08. The van der Waals surface area contributed by atoms with Crippen LogP contribution in [0.2, 0.25) is 5.02 Å². The summed E-state index contributed by atoms with van der Waals surface area (Å²) in [7, 11) is 0. The van der Waals surface area contributed by atoms with Gasteiger partial charge in [-0.25, -0.2) is 0 Å². The molecule has 1 N–H and O–H groups in total. The summed E-state index contributed by atoms with van der Waals surface area (Å²) in [4.78, 5) is 34.0. The molecule has 0 atom stereocenters. The lowest BCUT2D eigenvalue weighted by Crippen LogP contribution is -2.24. The van der Waals surface area contributed by atoms with Crippen LogP contribution < -0.4 is 10.4 Å². The molecule has 0 saturated heterocycles. The molecule has 126 valence electrons. The molecule has 0 aliphatic rings. The number of amides is 1. The Balaban J connectivity index is 1.99. The zero-order chi connectivity index (χ0) is 18.1. The van der Waals surface area contributed by atoms with Gasteiger partial charge in [-0.1, -0.05) is 29.8 Å². The topological polar surface area (TPSA) is 112 Å². The molecule has 3 rings (SSSR count). The van der Waals surface area contributed by atoms with Gasteiger partial charge < -0.3 is 15.2 Å². The number of para-hydroxylation sites is 1. The van der Waals surface area contributed by atoms with E-state index in [0.717, 1.165) is 11.3 Å². The maximum absolute atomic E-state index is 12.5. The molecule has 25 heavy (non-hydrogen) atoms. The van der Waals surface area contributed by atoms with E-state index in [4.69, 9.17) is 11.6 Å². The number of rotatable bonds is 4. The fourth-order valence-electron chi connectivity index (χ4n) is 2.26. The number of fused-ring (bicyclic) bond motifs is 1. The van der Waals surface area contributed by atoms with Crippen LogP contribution in [0.3, 0.4) is 0 Å². The first-order valence-electron chi connectivity index (χ1n) is 6.86. The molecule has 0 bridgehead atoms. The Kier molecular flexibility index (Phi) is 4.39. The Morgan fingerprint density at radius 3 is 2.56 bits per heavy atom. The van der Waals surface area contributed by atoms with Gasteiger partial charge in [-0.05, 0) is 12.1 Å². The highest BCUT2D eigenvalue weighted by Crippen LogP contribution is 2.37. The summed E-state index contributed by atoms with van der Waals surface area (Å²) < 4.78 is 0.484. The standard InChI is InChI=1S/C16H9ClN2O5S/c17-13-10-6-5-8(19(23)24)7-12(10)25-14(13)15(20)18-11-4-2-1-3-9(11)16(21)22/h1-7H,(H,18,20)(H,21,22)/p-1. The van der Waals surface area contributed by atoms with Crippen LogP contribution in [0.4, 0.5) is 11.4 Å². The minimum atomic E-state index is -1.42. The van der Waals surface area contributed by atoms with Crippen LogP contribution in [0, 0.1) is 10.1 Å². The summed E-state index contributed by atoms with van der Waals surface area (Å²) in [6.07, 6.45) is 0. The van der Waals surface area contributed by atoms with Crippen molar-refractivity contribution >= 4 is 56.3 Å². The molecule has 0 fully saturated rings. The molecule has 7 nitrogen and oxygen atoms in total. The number of nitro benzene ring substituents is 1. The molecule has 0 spiro atoms. The molecule has 1 amide bonds. The molecule has 1 aromatic heterocycles. The van der Waals surface area contributed by atoms with Crippen molar-refractivity contribution in [3.63, 3.8) is 0 Å². The highest BCUT2D eigenvalue weighted by atomic mass is 35.5. The summed E-state index contributed by atoms with van der Waals surface area (Å²) >= 11 is 7.19. The Hall–Kier alpha value is -2.97. The fraction of sp³-hybridized carbons (Fsp3) is 0. The number of nitrogens with zero attached hydrogens (tertiary/aromatic N) is 1. The van der Waals surface area contributed by atoms with E-state index in [9.17, 15) is 24.8 Å². The number of carbonyl (C=O) groups excluding carboxylic acids is 2. The van der Waals surface area contributed by atoms with Gasteiger partial charge in [0.05, 0.1) is 21.6 Å². The Labute approximate surface area is 149 Å². The Morgan fingerprint density at radius 2 is 1.88 bits per heavy atom. The van der Waals surface area contributed by atoms with Gasteiger partial charge in [0.15, 0.2) is 0 Å². The van der Waals surface area contributed by atoms with Crippen molar-refractivity contribution in [2.45, 2.75) is 0 Å². The van der Waals surface area contributed by atoms with Gasteiger partial charge in [-0.2, -0.15) is 0 Å². The van der Waals surface area contributed by atoms with Crippen molar-refractivity contribution in [1.82, 2.24) is 0 Å². The molecule has 0 saturated carbocycles. The van der Waals surface area contributed by atoms with Gasteiger partial charge in [0.1, 0.15) is 4.88 Å². The van der Waals surface area contributed by atoms with E-state index in [-0.39, 0.29) is 26.8 Å². The lowest BCUT2D eigenvalue weighted by atomic mass is 10.1. The predicted molar refractivity (Wildman–Crippen MR) is 92.2 cm³/mol. The van der Waals surface area contributed by atoms with Crippen molar-refractivity contribution < 1.29 is 19.6 Å². The minimum Gasteiger partial charge on any atom is -0.545 e. The number of halogens is 1. The van der Waals surface area contributed by atoms with E-state index in [2.05, 4.69) is 5.32 Å². The number of hydrogen-bond donors (Lipinski definition) is 1. The van der Waals surface area contributed by atoms with Crippen LogP contribution >= 0.6 is 22.9 Å². The van der Waals surface area contributed by atoms with Gasteiger partial charge in [-0.15, -0.1) is 11.3 Å². The van der Waals surface area contributed by atoms with Crippen LogP contribution in [0.1, 0.15) is 20.0 Å². The first-order chi connectivity index (χ1) is 11.9. The van der Waals surface area contributed by atoms with Gasteiger partial charge in [-0.3, -0.25) is 14.9 Å². The second-order valence-electron chi connectivity index (χ2n) is 4.97. The third-order valence-electron chi connectivity index (χ3n) is 3.43. The summed E-state index contributed by atoms with van der Waals surface area (Å²) in [6, 6.07) is 9.91. The van der Waals surface area contributed by atoms with Crippen molar-refractivity contribution in [2.24, 2.45) is 0 Å². The zero-order valence-corrected chi connectivity index (χ0v) is 13.9. The van der Waals surface area contributed by atoms with Crippen molar-refractivity contribution in [1.29, 1.82) is 0 Å². The van der Waals surface area contributed by atoms with E-state index in [1.165, 1.54) is 36.4 Å². The molecule has 0 radical (unpaired) electrons. The number of benzene rings is 2. The van der Waals surface area contributed by atoms with Gasteiger partial charge in [0.2, 0.25) is 0 Å². The largest absolute Gasteiger partial charge is 0.545 e. The summed E-state index contributed by atoms with van der Waals surface area (Å²) in [5.74, 6) is -2.03. The monoisotopic (exact) mass is 375 g/mol. The van der Waals surface area contributed by atoms with Gasteiger partial charge >= 0.3 is 0 Å². The summed E-state index contributed by atoms with van der Waals surface area (Å²) in [6.45, 7) is 0. The normalized spacial score (nSPS) is 10.6. The lowest BCUT2D eigenvalue weighted by Gasteiger charge is -2.10. The molecular formula is C16H8ClN2O5S-. The minimum absolute atomic E-state index is 0.0759. The van der Waals surface area contributed by atoms with Crippen LogP contribution in [-0.2, 0) is 0 Å². The van der Waals surface area contributed by atoms with Crippen molar-refractivity contribution in [2.75, 3.05) is 5.32 Å². The smallest absolute Gasteiger partial charge is 0.270 e. The highest BCUT2D eigenvalue weighted by Gasteiger charge is 2.20. The number of carbonyl (C=O) groups is 2. The zero-order valence-electron chi connectivity index (χ0n) is 12.3. The molecule has 1 heterocycles. The number of thiophene rings is 1. The molecule has 0 aliphatic heterocycles. The van der Waals surface area contributed by atoms with E-state index < -0.39 is 16.8 Å². The fourth-order valence-corrected chi connectivity index (χ4v) is 3.71. The quantitative estimate of drug-likeness (QED) is 0.556. The number of aromatic carboxylic acids is 1. The first-order valence-corrected chi connectivity index (χ1v) is 8.06. The number of carboxylic acids is 1. The van der Waals surface area contributed by atoms with E-state index in [1.807, 2.05) is 0 Å². The Morgan fingerprint density at radius 1 is 1.16 bits per heavy atom. The summed E-state index contributed by atoms with van der Waals surface area (Å²) in [5.41, 5.74) is -0.199. The molecule has 0 unspecified atom stereocenters. The lowest BCUT2D eigenvalue weighted by molar-refractivity contribution is -0.384. The van der Waals surface area contributed by atoms with E-state index in [0.29, 0.717) is 10.1 Å². The average Bonchev–Trinajstić information content (AvgIpc) is 2.91. The maximum Gasteiger partial charge on any atom is 0.270 e. The van der Waals surface area contributed by atoms with Crippen LogP contribution in [0.15, 0.2) is 42.5 Å². The van der Waals surface area contributed by atoms with Crippen molar-refractivity contribution in [3.05, 3.63) is 68.0 Å². The Bertz CT molecular complexity index is 1030. The number of non-ortho nitro benzene ring substituents is 1. The van der Waals surface area contributed by atoms with Gasteiger partial charge in [0, 0.05) is 27.8 Å². The molecule has 3 aromatic rings. The van der Waals surface area contributed by atoms with Crippen LogP contribution in [-0.4, -0.2) is 16.8 Å². The number of nitrogens with one attached hydrogen (secondary N) is 1. The molecule has 2 aromatic carbocycles. The number of nitro groups is 1. The molecule has 9 heteroatoms. The summed E-state index contributed by atoms with van der Waals surface area (Å²) in [5, 5.41) is 25.1. The number of anilines is 1. The third-order valence-corrected chi connectivity index (χ3v) is 5.08. The third kappa shape index (κ3) is 3.17. The second-order valence-corrected chi connectivity index (χ2v) is 6.40.